The summed E-state index contributed by atoms with van der Waals surface area (Å²) in [4.78, 5) is 27.1. The number of H-pyrrole nitrogens is 1. The number of carbonyl (C=O) groups is 1. The number of fused-ring (bicyclic) bond motifs is 1. The van der Waals surface area contributed by atoms with E-state index in [0.717, 1.165) is 16.3 Å². The molecule has 4 heteroatoms. The highest BCUT2D eigenvalue weighted by Crippen LogP contribution is 2.18. The quantitative estimate of drug-likeness (QED) is 0.782. The van der Waals surface area contributed by atoms with Gasteiger partial charge in [-0.05, 0) is 22.4 Å². The lowest BCUT2D eigenvalue weighted by atomic mass is 9.91. The number of hydrogen-bond acceptors (Lipinski definition) is 3. The molecule has 0 amide bonds. The Balaban J connectivity index is 2.14. The van der Waals surface area contributed by atoms with Crippen LogP contribution in [0.1, 0.15) is 26.3 Å². The summed E-state index contributed by atoms with van der Waals surface area (Å²) in [5.41, 5.74) is 0.371. The second kappa shape index (κ2) is 6.21. The summed E-state index contributed by atoms with van der Waals surface area (Å²) < 4.78 is 1.19. The number of aromatic nitrogens is 1. The molecule has 122 valence electrons. The zero-order valence-corrected chi connectivity index (χ0v) is 14.7. The molecule has 0 aliphatic rings. The highest BCUT2D eigenvalue weighted by molar-refractivity contribution is 7.07. The molecule has 0 unspecified atom stereocenters. The molecule has 0 bridgehead atoms. The highest BCUT2D eigenvalue weighted by Gasteiger charge is 2.18. The molecule has 0 aliphatic carbocycles. The monoisotopic (exact) mass is 337 g/mol. The summed E-state index contributed by atoms with van der Waals surface area (Å²) >= 11 is 1.31. The van der Waals surface area contributed by atoms with E-state index in [2.05, 4.69) is 4.98 Å². The fourth-order valence-corrected chi connectivity index (χ4v) is 3.25. The van der Waals surface area contributed by atoms with Gasteiger partial charge in [-0.3, -0.25) is 9.59 Å². The van der Waals surface area contributed by atoms with Gasteiger partial charge in [-0.2, -0.15) is 0 Å². The van der Waals surface area contributed by atoms with Gasteiger partial charge in [0.25, 0.3) is 5.56 Å². The van der Waals surface area contributed by atoms with E-state index < -0.39 is 5.41 Å². The molecule has 24 heavy (non-hydrogen) atoms. The van der Waals surface area contributed by atoms with E-state index in [1.807, 2.05) is 69.3 Å². The van der Waals surface area contributed by atoms with Gasteiger partial charge in [-0.1, -0.05) is 63.2 Å². The minimum Gasteiger partial charge on any atom is -0.313 e. The maximum atomic E-state index is 12.2. The first-order chi connectivity index (χ1) is 11.3. The molecule has 1 N–H and O–H groups in total. The van der Waals surface area contributed by atoms with Crippen LogP contribution in [0, 0.1) is 5.41 Å². The second-order valence-corrected chi connectivity index (χ2v) is 7.84. The summed E-state index contributed by atoms with van der Waals surface area (Å²) in [6.07, 6.45) is 3.40. The molecular weight excluding hydrogens is 318 g/mol. The number of aromatic amines is 1. The Morgan fingerprint density at radius 3 is 2.54 bits per heavy atom. The maximum Gasteiger partial charge on any atom is 0.266 e. The number of hydrogen-bond donors (Lipinski definition) is 1. The van der Waals surface area contributed by atoms with E-state index in [1.165, 1.54) is 17.4 Å². The van der Waals surface area contributed by atoms with Gasteiger partial charge in [0.1, 0.15) is 0 Å². The number of benzene rings is 2. The molecule has 0 spiro atoms. The van der Waals surface area contributed by atoms with Crippen LogP contribution in [-0.4, -0.2) is 10.8 Å². The number of thiazole rings is 1. The number of Topliss-reactive ketones (excluding diaryl/α,β-unsaturated/α-hetero) is 1. The summed E-state index contributed by atoms with van der Waals surface area (Å²) in [5, 5.41) is 2.23. The minimum atomic E-state index is -0.458. The number of rotatable bonds is 2. The van der Waals surface area contributed by atoms with Gasteiger partial charge in [0.05, 0.1) is 9.20 Å². The zero-order chi connectivity index (χ0) is 17.3. The first kappa shape index (κ1) is 16.4. The normalized spacial score (nSPS) is 13.6. The molecule has 0 fully saturated rings. The van der Waals surface area contributed by atoms with E-state index in [-0.39, 0.29) is 11.3 Å². The lowest BCUT2D eigenvalue weighted by Crippen LogP contribution is -2.22. The van der Waals surface area contributed by atoms with Gasteiger partial charge in [-0.15, -0.1) is 11.3 Å². The molecule has 1 aromatic heterocycles. The predicted molar refractivity (Wildman–Crippen MR) is 101 cm³/mol. The van der Waals surface area contributed by atoms with E-state index in [1.54, 1.807) is 0 Å². The fraction of sp³-hybridized carbons (Fsp3) is 0.200. The van der Waals surface area contributed by atoms with Gasteiger partial charge in [0.15, 0.2) is 5.78 Å². The van der Waals surface area contributed by atoms with Gasteiger partial charge in [0.2, 0.25) is 0 Å². The van der Waals surface area contributed by atoms with Crippen molar-refractivity contribution in [2.45, 2.75) is 20.8 Å². The SMILES string of the molecule is CC(C)(C)C(=O)/C=c1/[nH]c(=O)/c(=C/c2cccc3ccccc23)s1. The van der Waals surface area contributed by atoms with Crippen LogP contribution in [0.4, 0.5) is 0 Å². The first-order valence-corrected chi connectivity index (χ1v) is 8.61. The standard InChI is InChI=1S/C20H19NO2S/c1-20(2,3)17(22)12-18-21-19(23)16(24-18)11-14-9-6-8-13-7-4-5-10-15(13)14/h4-12H,1-3H3,(H,21,23)/b16-11-,18-12-. The topological polar surface area (TPSA) is 49.9 Å². The molecule has 2 aromatic carbocycles. The van der Waals surface area contributed by atoms with Crippen LogP contribution < -0.4 is 14.8 Å². The largest absolute Gasteiger partial charge is 0.313 e. The third-order valence-corrected chi connectivity index (χ3v) is 4.75. The van der Waals surface area contributed by atoms with Crippen molar-refractivity contribution in [3.05, 3.63) is 67.6 Å². The Bertz CT molecular complexity index is 1080. The molecular formula is C20H19NO2S. The van der Waals surface area contributed by atoms with Crippen LogP contribution in [0.2, 0.25) is 0 Å². The lowest BCUT2D eigenvalue weighted by molar-refractivity contribution is -0.119. The molecule has 1 heterocycles. The molecule has 0 atom stereocenters. The van der Waals surface area contributed by atoms with E-state index in [0.29, 0.717) is 9.20 Å². The van der Waals surface area contributed by atoms with Crippen LogP contribution >= 0.6 is 11.3 Å². The Kier molecular flexibility index (Phi) is 4.24. The summed E-state index contributed by atoms with van der Waals surface area (Å²) in [6, 6.07) is 14.1. The van der Waals surface area contributed by atoms with Crippen molar-refractivity contribution < 1.29 is 4.79 Å². The highest BCUT2D eigenvalue weighted by atomic mass is 32.1. The van der Waals surface area contributed by atoms with Crippen molar-refractivity contribution in [1.82, 2.24) is 4.98 Å². The van der Waals surface area contributed by atoms with Crippen LogP contribution in [0.3, 0.4) is 0 Å². The van der Waals surface area contributed by atoms with Crippen LogP contribution in [0.15, 0.2) is 47.3 Å². The van der Waals surface area contributed by atoms with E-state index >= 15 is 0 Å². The third kappa shape index (κ3) is 3.39. The Morgan fingerprint density at radius 2 is 1.79 bits per heavy atom. The van der Waals surface area contributed by atoms with Crippen molar-refractivity contribution in [3.63, 3.8) is 0 Å². The average Bonchev–Trinajstić information content (AvgIpc) is 2.86. The number of carbonyl (C=O) groups excluding carboxylic acids is 1. The molecule has 3 rings (SSSR count). The summed E-state index contributed by atoms with van der Waals surface area (Å²) in [5.74, 6) is -0.00305. The van der Waals surface area contributed by atoms with Crippen molar-refractivity contribution in [2.24, 2.45) is 5.41 Å². The van der Waals surface area contributed by atoms with Crippen molar-refractivity contribution in [1.29, 1.82) is 0 Å². The lowest BCUT2D eigenvalue weighted by Gasteiger charge is -2.12. The maximum absolute atomic E-state index is 12.2. The zero-order valence-electron chi connectivity index (χ0n) is 13.9. The fourth-order valence-electron chi connectivity index (χ4n) is 2.38. The van der Waals surface area contributed by atoms with Gasteiger partial charge in [-0.25, -0.2) is 0 Å². The number of ketones is 1. The van der Waals surface area contributed by atoms with Crippen LogP contribution in [0.25, 0.3) is 22.9 Å². The third-order valence-electron chi connectivity index (χ3n) is 3.79. The summed E-state index contributed by atoms with van der Waals surface area (Å²) in [7, 11) is 0. The Morgan fingerprint density at radius 1 is 1.08 bits per heavy atom. The van der Waals surface area contributed by atoms with Crippen molar-refractivity contribution in [2.75, 3.05) is 0 Å². The van der Waals surface area contributed by atoms with Crippen LogP contribution in [0.5, 0.6) is 0 Å². The summed E-state index contributed by atoms with van der Waals surface area (Å²) in [6.45, 7) is 5.59. The number of nitrogens with one attached hydrogen (secondary N) is 1. The van der Waals surface area contributed by atoms with Crippen molar-refractivity contribution in [3.8, 4) is 0 Å². The molecule has 3 aromatic rings. The van der Waals surface area contributed by atoms with E-state index in [9.17, 15) is 9.59 Å². The molecule has 0 radical (unpaired) electrons. The Labute approximate surface area is 144 Å². The van der Waals surface area contributed by atoms with Crippen molar-refractivity contribution >= 4 is 40.0 Å². The minimum absolute atomic E-state index is 0.00305. The van der Waals surface area contributed by atoms with E-state index in [4.69, 9.17) is 0 Å². The average molecular weight is 337 g/mol. The van der Waals surface area contributed by atoms with Gasteiger partial charge < -0.3 is 4.98 Å². The Hall–Kier alpha value is -2.46. The second-order valence-electron chi connectivity index (χ2n) is 6.76. The van der Waals surface area contributed by atoms with Crippen LogP contribution in [-0.2, 0) is 4.79 Å². The van der Waals surface area contributed by atoms with Gasteiger partial charge in [0, 0.05) is 11.5 Å². The predicted octanol–water partition coefficient (Wildman–Crippen LogP) is 2.81. The molecule has 0 saturated heterocycles. The molecule has 0 aliphatic heterocycles. The van der Waals surface area contributed by atoms with Gasteiger partial charge >= 0.3 is 0 Å². The molecule has 3 nitrogen and oxygen atoms in total. The first-order valence-electron chi connectivity index (χ1n) is 7.79. The smallest absolute Gasteiger partial charge is 0.266 e. The molecule has 0 saturated carbocycles.